The van der Waals surface area contributed by atoms with Crippen molar-refractivity contribution in [2.75, 3.05) is 18.6 Å². The van der Waals surface area contributed by atoms with Crippen molar-refractivity contribution >= 4 is 16.2 Å². The lowest BCUT2D eigenvalue weighted by Gasteiger charge is -2.26. The van der Waals surface area contributed by atoms with E-state index in [4.69, 9.17) is 4.74 Å². The van der Waals surface area contributed by atoms with Crippen LogP contribution in [0.3, 0.4) is 0 Å². The molecule has 1 rings (SSSR count). The molecule has 0 fully saturated rings. The molecular formula is C11H18N2O2S. The number of allylic oxidation sites excluding steroid dienone is 2. The highest BCUT2D eigenvalue weighted by molar-refractivity contribution is 8.35. The Morgan fingerprint density at radius 2 is 2.12 bits per heavy atom. The van der Waals surface area contributed by atoms with Crippen molar-refractivity contribution in [2.24, 2.45) is 9.63 Å². The fraction of sp³-hybridized carbons (Fsp3) is 0.545. The molecule has 0 aromatic heterocycles. The van der Waals surface area contributed by atoms with Crippen molar-refractivity contribution in [1.29, 1.82) is 0 Å². The minimum atomic E-state index is -1.22. The molecule has 0 N–H and O–H groups in total. The van der Waals surface area contributed by atoms with Gasteiger partial charge in [-0.25, -0.2) is 4.79 Å². The van der Waals surface area contributed by atoms with E-state index in [1.165, 1.54) is 4.91 Å². The van der Waals surface area contributed by atoms with Crippen LogP contribution in [0.2, 0.25) is 0 Å². The highest BCUT2D eigenvalue weighted by Gasteiger charge is 2.26. The Hall–Kier alpha value is -1.10. The molecule has 0 saturated carbocycles. The Balaban J connectivity index is 2.49. The predicted molar refractivity (Wildman–Crippen MR) is 67.4 cm³/mol. The monoisotopic (exact) mass is 242 g/mol. The number of carbonyl (C=O) groups excluding carboxylic acids is 1. The molecule has 0 aromatic rings. The maximum Gasteiger partial charge on any atom is 0.333 e. The molecule has 5 heteroatoms. The summed E-state index contributed by atoms with van der Waals surface area (Å²) in [5.41, 5.74) is 1.42. The quantitative estimate of drug-likeness (QED) is 0.561. The molecule has 0 amide bonds. The summed E-state index contributed by atoms with van der Waals surface area (Å²) in [6.45, 7) is 9.55. The van der Waals surface area contributed by atoms with Crippen molar-refractivity contribution in [3.05, 3.63) is 22.8 Å². The molecule has 1 atom stereocenters. The maximum atomic E-state index is 11.2. The van der Waals surface area contributed by atoms with Gasteiger partial charge in [-0.2, -0.15) is 0 Å². The zero-order valence-electron chi connectivity index (χ0n) is 10.2. The van der Waals surface area contributed by atoms with E-state index < -0.39 is 10.2 Å². The van der Waals surface area contributed by atoms with Crippen LogP contribution in [-0.4, -0.2) is 24.6 Å². The molecule has 0 aliphatic carbocycles. The number of nitrogens with zero attached hydrogens (tertiary/aromatic N) is 2. The third-order valence-corrected chi connectivity index (χ3v) is 5.62. The normalized spacial score (nSPS) is 27.8. The number of hydrogen-bond donors (Lipinski definition) is 0. The lowest BCUT2D eigenvalue weighted by molar-refractivity contribution is -0.138. The molecule has 4 nitrogen and oxygen atoms in total. The van der Waals surface area contributed by atoms with Crippen LogP contribution in [0.25, 0.3) is 0 Å². The summed E-state index contributed by atoms with van der Waals surface area (Å²) in [5.74, 6) is 0.398. The molecule has 16 heavy (non-hydrogen) atoms. The Morgan fingerprint density at radius 1 is 1.50 bits per heavy atom. The molecule has 0 bridgehead atoms. The van der Waals surface area contributed by atoms with E-state index in [1.807, 2.05) is 13.8 Å². The second-order valence-corrected chi connectivity index (χ2v) is 7.25. The van der Waals surface area contributed by atoms with Crippen LogP contribution >= 0.6 is 10.2 Å². The largest absolute Gasteiger partial charge is 0.461 e. The molecule has 1 aliphatic heterocycles. The van der Waals surface area contributed by atoms with Crippen molar-refractivity contribution in [2.45, 2.75) is 20.8 Å². The first-order valence-corrected chi connectivity index (χ1v) is 7.22. The standard InChI is InChI=1S/C11H18N2O2S/c1-8(2)11(14)15-6-7-16(5)10(4)9(3)12-13-16/h1,6-7H2,2-5H3. The lowest BCUT2D eigenvalue weighted by atomic mass is 10.4. The van der Waals surface area contributed by atoms with Crippen LogP contribution in [-0.2, 0) is 9.53 Å². The van der Waals surface area contributed by atoms with Gasteiger partial charge in [0.05, 0.1) is 5.70 Å². The Bertz CT molecular complexity index is 387. The molecule has 1 aliphatic rings. The fourth-order valence-corrected chi connectivity index (χ4v) is 3.11. The molecule has 0 aromatic carbocycles. The van der Waals surface area contributed by atoms with E-state index in [9.17, 15) is 4.79 Å². The molecule has 0 radical (unpaired) electrons. The lowest BCUT2D eigenvalue weighted by Crippen LogP contribution is -2.12. The van der Waals surface area contributed by atoms with Gasteiger partial charge < -0.3 is 4.74 Å². The molecule has 0 spiro atoms. The van der Waals surface area contributed by atoms with Crippen LogP contribution in [0.1, 0.15) is 20.8 Å². The summed E-state index contributed by atoms with van der Waals surface area (Å²) in [7, 11) is -1.22. The highest BCUT2D eigenvalue weighted by Crippen LogP contribution is 2.58. The van der Waals surface area contributed by atoms with Crippen LogP contribution in [0.15, 0.2) is 32.4 Å². The average Bonchev–Trinajstić information content (AvgIpc) is 2.47. The number of ether oxygens (including phenoxy) is 1. The zero-order chi connectivity index (χ0) is 12.3. The van der Waals surface area contributed by atoms with E-state index in [-0.39, 0.29) is 5.97 Å². The minimum Gasteiger partial charge on any atom is -0.461 e. The fourth-order valence-electron chi connectivity index (χ4n) is 1.21. The summed E-state index contributed by atoms with van der Waals surface area (Å²) in [6, 6.07) is 0. The van der Waals surface area contributed by atoms with E-state index in [1.54, 1.807) is 6.92 Å². The summed E-state index contributed by atoms with van der Waals surface area (Å²) in [5, 5.41) is 4.09. The topological polar surface area (TPSA) is 51.0 Å². The highest BCUT2D eigenvalue weighted by atomic mass is 32.3. The minimum absolute atomic E-state index is 0.337. The Morgan fingerprint density at radius 3 is 2.56 bits per heavy atom. The zero-order valence-corrected chi connectivity index (χ0v) is 11.1. The summed E-state index contributed by atoms with van der Waals surface area (Å²) < 4.78 is 9.36. The van der Waals surface area contributed by atoms with E-state index in [0.29, 0.717) is 12.2 Å². The van der Waals surface area contributed by atoms with Gasteiger partial charge in [0, 0.05) is 16.2 Å². The first kappa shape index (κ1) is 13.0. The number of rotatable bonds is 4. The van der Waals surface area contributed by atoms with Crippen molar-refractivity contribution in [3.63, 3.8) is 0 Å². The first-order valence-electron chi connectivity index (χ1n) is 5.06. The third-order valence-electron chi connectivity index (χ3n) is 2.60. The van der Waals surface area contributed by atoms with Gasteiger partial charge in [-0.1, -0.05) is 16.8 Å². The van der Waals surface area contributed by atoms with Crippen LogP contribution in [0.4, 0.5) is 0 Å². The SMILES string of the molecule is C=C(C)C(=O)OCCS1(C)N=NC(C)=C1C. The molecule has 1 heterocycles. The van der Waals surface area contributed by atoms with Gasteiger partial charge in [0.1, 0.15) is 6.61 Å². The molecule has 0 saturated heterocycles. The van der Waals surface area contributed by atoms with Crippen molar-refractivity contribution in [3.8, 4) is 0 Å². The summed E-state index contributed by atoms with van der Waals surface area (Å²) >= 11 is 0. The van der Waals surface area contributed by atoms with E-state index in [2.05, 4.69) is 22.5 Å². The first-order chi connectivity index (χ1) is 7.37. The maximum absolute atomic E-state index is 11.2. The average molecular weight is 242 g/mol. The van der Waals surface area contributed by atoms with Gasteiger partial charge in [-0.05, 0) is 27.0 Å². The second-order valence-electron chi connectivity index (χ2n) is 3.98. The van der Waals surface area contributed by atoms with Crippen molar-refractivity contribution < 1.29 is 9.53 Å². The van der Waals surface area contributed by atoms with Gasteiger partial charge >= 0.3 is 5.97 Å². The third kappa shape index (κ3) is 2.72. The van der Waals surface area contributed by atoms with Gasteiger partial charge in [0.25, 0.3) is 0 Å². The van der Waals surface area contributed by atoms with E-state index >= 15 is 0 Å². The molecular weight excluding hydrogens is 224 g/mol. The van der Waals surface area contributed by atoms with Gasteiger partial charge in [0.15, 0.2) is 0 Å². The second kappa shape index (κ2) is 4.82. The molecule has 1 unspecified atom stereocenters. The van der Waals surface area contributed by atoms with Gasteiger partial charge in [-0.3, -0.25) is 0 Å². The number of carbonyl (C=O) groups is 1. The smallest absolute Gasteiger partial charge is 0.333 e. The number of esters is 1. The van der Waals surface area contributed by atoms with Crippen molar-refractivity contribution in [1.82, 2.24) is 0 Å². The van der Waals surface area contributed by atoms with E-state index in [0.717, 1.165) is 11.4 Å². The Labute approximate surface area is 97.9 Å². The number of hydrogen-bond acceptors (Lipinski definition) is 4. The Kier molecular flexibility index (Phi) is 3.91. The summed E-state index contributed by atoms with van der Waals surface area (Å²) in [6.07, 6.45) is 2.08. The van der Waals surface area contributed by atoms with Gasteiger partial charge in [-0.15, -0.1) is 9.63 Å². The van der Waals surface area contributed by atoms with Crippen LogP contribution < -0.4 is 0 Å². The van der Waals surface area contributed by atoms with Gasteiger partial charge in [0.2, 0.25) is 0 Å². The van der Waals surface area contributed by atoms with Crippen LogP contribution in [0.5, 0.6) is 0 Å². The summed E-state index contributed by atoms with van der Waals surface area (Å²) in [4.78, 5) is 12.4. The van der Waals surface area contributed by atoms with Crippen LogP contribution in [0, 0.1) is 0 Å². The predicted octanol–water partition coefficient (Wildman–Crippen LogP) is 3.17. The molecule has 90 valence electrons.